The molecule has 9 nitrogen and oxygen atoms in total. The Labute approximate surface area is 208 Å². The number of carbonyl (C=O) groups excluding carboxylic acids is 1. The number of hydrogen-bond donors (Lipinski definition) is 4. The van der Waals surface area contributed by atoms with Gasteiger partial charge in [-0.15, -0.1) is 6.58 Å². The number of aromatic amines is 1. The molecule has 10 heteroatoms. The molecule has 2 fully saturated rings. The molecule has 0 saturated carbocycles. The average Bonchev–Trinajstić information content (AvgIpc) is 3.51. The van der Waals surface area contributed by atoms with Crippen molar-refractivity contribution in [3.05, 3.63) is 82.3 Å². The smallest absolute Gasteiger partial charge is 0.256 e. The lowest BCUT2D eigenvalue weighted by Gasteiger charge is -2.12. The topological polar surface area (TPSA) is 115 Å². The fourth-order valence-corrected chi connectivity index (χ4v) is 4.12. The minimum atomic E-state index is -0.376. The van der Waals surface area contributed by atoms with Gasteiger partial charge in [0.05, 0.1) is 0 Å². The molecule has 0 aliphatic carbocycles. The minimum absolute atomic E-state index is 0.216. The van der Waals surface area contributed by atoms with Gasteiger partial charge in [0.1, 0.15) is 17.2 Å². The van der Waals surface area contributed by atoms with Gasteiger partial charge in [0.25, 0.3) is 5.91 Å². The third kappa shape index (κ3) is 6.91. The van der Waals surface area contributed by atoms with Crippen LogP contribution in [-0.4, -0.2) is 51.9 Å². The van der Waals surface area contributed by atoms with Crippen molar-refractivity contribution in [2.45, 2.75) is 12.8 Å². The van der Waals surface area contributed by atoms with Gasteiger partial charge in [-0.1, -0.05) is 23.7 Å². The molecule has 4 N–H and O–H groups in total. The van der Waals surface area contributed by atoms with Crippen molar-refractivity contribution in [3.63, 3.8) is 0 Å². The number of piperidine rings is 1. The summed E-state index contributed by atoms with van der Waals surface area (Å²) in [4.78, 5) is 37.7. The number of nitrogens with zero attached hydrogens (tertiary/aromatic N) is 3. The molecule has 5 rings (SSSR count). The third-order valence-corrected chi connectivity index (χ3v) is 6.04. The van der Waals surface area contributed by atoms with E-state index in [2.05, 4.69) is 42.4 Å². The summed E-state index contributed by atoms with van der Waals surface area (Å²) in [5.74, 6) is 1.61. The first-order chi connectivity index (χ1) is 17.0. The maximum absolute atomic E-state index is 12.4. The molecule has 1 aromatic carbocycles. The van der Waals surface area contributed by atoms with Crippen LogP contribution < -0.4 is 21.5 Å². The van der Waals surface area contributed by atoms with E-state index in [1.54, 1.807) is 42.5 Å². The van der Waals surface area contributed by atoms with Gasteiger partial charge in [-0.2, -0.15) is 4.98 Å². The van der Waals surface area contributed by atoms with E-state index in [-0.39, 0.29) is 28.8 Å². The minimum Gasteiger partial charge on any atom is -0.348 e. The number of benzene rings is 1. The standard InChI is InChI=1S/C19H17ClN6O2.C6H11N/c1-2-10-21-18(28)14-11-22-19(23-13-8-6-12(20)7-9-13)26-17(14)25-15-4-3-5-16(27)24-15;1-3-7-4-2-6(1)5-7/h2-9,11H,1,10H2,(H,21,28)(H3,22,23,24,25,26,27);6H,1-5H2. The SMILES string of the molecule is C1CN2CCC1C2.C=CCNC(=O)c1cnc(Nc2ccc(Cl)cc2)nc1Nc1cccc(=O)[nH]1. The van der Waals surface area contributed by atoms with Crippen molar-refractivity contribution in [1.82, 2.24) is 25.2 Å². The zero-order valence-corrected chi connectivity index (χ0v) is 20.0. The zero-order valence-electron chi connectivity index (χ0n) is 19.3. The number of anilines is 4. The third-order valence-electron chi connectivity index (χ3n) is 5.79. The first kappa shape index (κ1) is 24.4. The molecule has 35 heavy (non-hydrogen) atoms. The lowest BCUT2D eigenvalue weighted by molar-refractivity contribution is 0.0958. The van der Waals surface area contributed by atoms with E-state index in [1.807, 2.05) is 0 Å². The summed E-state index contributed by atoms with van der Waals surface area (Å²) in [5.41, 5.74) is 0.664. The largest absolute Gasteiger partial charge is 0.348 e. The van der Waals surface area contributed by atoms with Crippen LogP contribution in [-0.2, 0) is 0 Å². The van der Waals surface area contributed by atoms with Crippen LogP contribution in [0.1, 0.15) is 23.2 Å². The number of H-pyrrole nitrogens is 1. The first-order valence-corrected chi connectivity index (χ1v) is 11.9. The second-order valence-corrected chi connectivity index (χ2v) is 8.82. The molecule has 2 aliphatic rings. The number of pyridine rings is 1. The van der Waals surface area contributed by atoms with E-state index in [9.17, 15) is 9.59 Å². The van der Waals surface area contributed by atoms with Gasteiger partial charge >= 0.3 is 0 Å². The quantitative estimate of drug-likeness (QED) is 0.368. The van der Waals surface area contributed by atoms with E-state index in [0.717, 1.165) is 11.6 Å². The maximum atomic E-state index is 12.4. The van der Waals surface area contributed by atoms with E-state index in [0.29, 0.717) is 17.4 Å². The lowest BCUT2D eigenvalue weighted by Crippen LogP contribution is -2.25. The monoisotopic (exact) mass is 493 g/mol. The van der Waals surface area contributed by atoms with Crippen molar-refractivity contribution in [2.24, 2.45) is 5.92 Å². The van der Waals surface area contributed by atoms with Crippen LogP contribution in [0.15, 0.2) is 66.1 Å². The lowest BCUT2D eigenvalue weighted by atomic mass is 10.1. The second kappa shape index (κ2) is 11.6. The molecule has 0 radical (unpaired) electrons. The molecule has 2 aromatic heterocycles. The van der Waals surface area contributed by atoms with E-state index < -0.39 is 0 Å². The highest BCUT2D eigenvalue weighted by Crippen LogP contribution is 2.26. The molecule has 0 unspecified atom stereocenters. The van der Waals surface area contributed by atoms with Crippen LogP contribution in [0.2, 0.25) is 5.02 Å². The van der Waals surface area contributed by atoms with Crippen LogP contribution in [0.4, 0.5) is 23.3 Å². The summed E-state index contributed by atoms with van der Waals surface area (Å²) >= 11 is 5.89. The molecular weight excluding hydrogens is 466 g/mol. The molecular formula is C25H28ClN7O2. The molecule has 4 heterocycles. The number of aromatic nitrogens is 3. The number of fused-ring (bicyclic) bond motifs is 2. The fourth-order valence-electron chi connectivity index (χ4n) is 3.99. The Bertz CT molecular complexity index is 1210. The molecule has 2 saturated heterocycles. The Morgan fingerprint density at radius 1 is 1.17 bits per heavy atom. The Hall–Kier alpha value is -3.69. The highest BCUT2D eigenvalue weighted by molar-refractivity contribution is 6.30. The van der Waals surface area contributed by atoms with Gasteiger partial charge in [0.2, 0.25) is 11.5 Å². The Morgan fingerprint density at radius 3 is 2.54 bits per heavy atom. The highest BCUT2D eigenvalue weighted by Gasteiger charge is 2.28. The molecule has 0 spiro atoms. The first-order valence-electron chi connectivity index (χ1n) is 11.5. The number of rotatable bonds is 7. The highest BCUT2D eigenvalue weighted by atomic mass is 35.5. The maximum Gasteiger partial charge on any atom is 0.256 e. The number of halogens is 1. The van der Waals surface area contributed by atoms with E-state index in [4.69, 9.17) is 11.6 Å². The summed E-state index contributed by atoms with van der Waals surface area (Å²) in [6.07, 6.45) is 5.93. The van der Waals surface area contributed by atoms with Gasteiger partial charge in [0, 0.05) is 36.1 Å². The van der Waals surface area contributed by atoms with Gasteiger partial charge in [-0.25, -0.2) is 4.98 Å². The van der Waals surface area contributed by atoms with E-state index >= 15 is 0 Å². The average molecular weight is 494 g/mol. The van der Waals surface area contributed by atoms with Gasteiger partial charge < -0.3 is 25.8 Å². The van der Waals surface area contributed by atoms with Crippen LogP contribution in [0.3, 0.4) is 0 Å². The van der Waals surface area contributed by atoms with E-state index in [1.165, 1.54) is 44.7 Å². The van der Waals surface area contributed by atoms with Crippen molar-refractivity contribution < 1.29 is 4.79 Å². The Balaban J connectivity index is 0.000000347. The molecule has 3 aromatic rings. The number of amides is 1. The van der Waals surface area contributed by atoms with Crippen molar-refractivity contribution in [1.29, 1.82) is 0 Å². The molecule has 182 valence electrons. The summed E-state index contributed by atoms with van der Waals surface area (Å²) in [6.45, 7) is 8.07. The number of nitrogens with one attached hydrogen (secondary N) is 4. The van der Waals surface area contributed by atoms with Crippen LogP contribution in [0.25, 0.3) is 0 Å². The second-order valence-electron chi connectivity index (χ2n) is 8.38. The molecule has 2 aliphatic heterocycles. The van der Waals surface area contributed by atoms with Gasteiger partial charge in [-0.3, -0.25) is 9.59 Å². The summed E-state index contributed by atoms with van der Waals surface area (Å²) in [6, 6.07) is 11.6. The summed E-state index contributed by atoms with van der Waals surface area (Å²) in [5, 5.41) is 9.27. The van der Waals surface area contributed by atoms with Crippen molar-refractivity contribution in [3.8, 4) is 0 Å². The predicted octanol–water partition coefficient (Wildman–Crippen LogP) is 3.93. The van der Waals surface area contributed by atoms with Crippen LogP contribution >= 0.6 is 11.6 Å². The van der Waals surface area contributed by atoms with Crippen LogP contribution in [0, 0.1) is 5.92 Å². The summed E-state index contributed by atoms with van der Waals surface area (Å²) < 4.78 is 0. The summed E-state index contributed by atoms with van der Waals surface area (Å²) in [7, 11) is 0. The zero-order chi connectivity index (χ0) is 24.6. The van der Waals surface area contributed by atoms with Gasteiger partial charge in [-0.05, 0) is 62.2 Å². The Kier molecular flexibility index (Phi) is 8.12. The number of hydrogen-bond acceptors (Lipinski definition) is 7. The fraction of sp³-hybridized carbons (Fsp3) is 0.280. The normalized spacial score (nSPS) is 17.7. The molecule has 1 amide bonds. The Morgan fingerprint density at radius 2 is 1.94 bits per heavy atom. The molecule has 0 atom stereocenters. The van der Waals surface area contributed by atoms with Crippen LogP contribution in [0.5, 0.6) is 0 Å². The number of carbonyl (C=O) groups is 1. The van der Waals surface area contributed by atoms with Gasteiger partial charge in [0.15, 0.2) is 0 Å². The predicted molar refractivity (Wildman–Crippen MR) is 139 cm³/mol. The van der Waals surface area contributed by atoms with Crippen molar-refractivity contribution >= 4 is 40.8 Å². The molecule has 2 bridgehead atoms. The van der Waals surface area contributed by atoms with Crippen molar-refractivity contribution in [2.75, 3.05) is 36.8 Å².